The Morgan fingerprint density at radius 3 is 2.53 bits per heavy atom. The number of rotatable bonds is 8. The van der Waals surface area contributed by atoms with Gasteiger partial charge in [-0.1, -0.05) is 24.3 Å². The van der Waals surface area contributed by atoms with Gasteiger partial charge in [0.2, 0.25) is 5.91 Å². The predicted molar refractivity (Wildman–Crippen MR) is 128 cm³/mol. The molecule has 0 radical (unpaired) electrons. The van der Waals surface area contributed by atoms with Gasteiger partial charge in [0.15, 0.2) is 0 Å². The summed E-state index contributed by atoms with van der Waals surface area (Å²) in [6.07, 6.45) is 3.90. The number of nitrogens with one attached hydrogen (secondary N) is 1. The van der Waals surface area contributed by atoms with E-state index >= 15 is 0 Å². The number of anilines is 1. The number of nitrogens with zero attached hydrogens (tertiary/aromatic N) is 2. The van der Waals surface area contributed by atoms with Crippen LogP contribution in [-0.2, 0) is 11.2 Å². The van der Waals surface area contributed by atoms with Crippen molar-refractivity contribution in [2.24, 2.45) is 0 Å². The van der Waals surface area contributed by atoms with Gasteiger partial charge in [-0.15, -0.1) is 0 Å². The van der Waals surface area contributed by atoms with E-state index in [1.165, 1.54) is 11.3 Å². The van der Waals surface area contributed by atoms with Gasteiger partial charge in [0.05, 0.1) is 25.8 Å². The molecule has 1 aliphatic carbocycles. The van der Waals surface area contributed by atoms with Gasteiger partial charge in [-0.3, -0.25) is 9.69 Å². The number of para-hydroxylation sites is 2. The molecular formula is C26H35N3O3. The minimum atomic E-state index is -0.0572. The highest BCUT2D eigenvalue weighted by Crippen LogP contribution is 2.36. The number of carbonyl (C=O) groups is 1. The third-order valence-corrected chi connectivity index (χ3v) is 6.75. The molecule has 32 heavy (non-hydrogen) atoms. The van der Waals surface area contributed by atoms with Gasteiger partial charge in [-0.2, -0.15) is 0 Å². The average Bonchev–Trinajstić information content (AvgIpc) is 2.86. The molecule has 1 amide bonds. The summed E-state index contributed by atoms with van der Waals surface area (Å²) in [5, 5.41) is 3.19. The Balaban J connectivity index is 1.21. The monoisotopic (exact) mass is 437 g/mol. The fourth-order valence-electron chi connectivity index (χ4n) is 5.02. The number of piperazine rings is 1. The summed E-state index contributed by atoms with van der Waals surface area (Å²) < 4.78 is 11.0. The van der Waals surface area contributed by atoms with Crippen LogP contribution in [0.25, 0.3) is 0 Å². The van der Waals surface area contributed by atoms with E-state index in [2.05, 4.69) is 33.3 Å². The normalized spacial score (nSPS) is 18.7. The number of carbonyl (C=O) groups excluding carboxylic acids is 1. The standard InChI is InChI=1S/C26H35N3O3/c1-31-24-13-6-8-20-21(24)9-5-10-22(20)26(30)27-14-7-15-28-16-18-29(19-17-28)23-11-3-4-12-25(23)32-2/h3-4,6,8,11-13,22H,5,7,9-10,14-19H2,1-2H3,(H,27,30). The number of hydrogen-bond donors (Lipinski definition) is 1. The molecule has 1 unspecified atom stereocenters. The first-order chi connectivity index (χ1) is 15.7. The number of benzene rings is 2. The summed E-state index contributed by atoms with van der Waals surface area (Å²) in [5.74, 6) is 1.94. The van der Waals surface area contributed by atoms with Crippen LogP contribution >= 0.6 is 0 Å². The summed E-state index contributed by atoms with van der Waals surface area (Å²) in [4.78, 5) is 17.8. The molecule has 1 atom stereocenters. The van der Waals surface area contributed by atoms with E-state index in [1.807, 2.05) is 24.3 Å². The van der Waals surface area contributed by atoms with Crippen LogP contribution in [-0.4, -0.2) is 64.3 Å². The van der Waals surface area contributed by atoms with Gasteiger partial charge in [0.1, 0.15) is 11.5 Å². The number of methoxy groups -OCH3 is 2. The molecule has 4 rings (SSSR count). The predicted octanol–water partition coefficient (Wildman–Crippen LogP) is 3.45. The molecule has 0 spiro atoms. The summed E-state index contributed by atoms with van der Waals surface area (Å²) in [7, 11) is 3.43. The van der Waals surface area contributed by atoms with E-state index in [0.29, 0.717) is 0 Å². The van der Waals surface area contributed by atoms with Crippen molar-refractivity contribution < 1.29 is 14.3 Å². The smallest absolute Gasteiger partial charge is 0.227 e. The lowest BCUT2D eigenvalue weighted by Gasteiger charge is -2.36. The van der Waals surface area contributed by atoms with Gasteiger partial charge in [0.25, 0.3) is 0 Å². The second kappa shape index (κ2) is 10.7. The molecule has 0 bridgehead atoms. The molecule has 1 fully saturated rings. The third kappa shape index (κ3) is 5.01. The highest BCUT2D eigenvalue weighted by molar-refractivity contribution is 5.84. The lowest BCUT2D eigenvalue weighted by atomic mass is 9.82. The van der Waals surface area contributed by atoms with Crippen molar-refractivity contribution in [2.75, 3.05) is 58.4 Å². The third-order valence-electron chi connectivity index (χ3n) is 6.75. The fraction of sp³-hybridized carbons (Fsp3) is 0.500. The van der Waals surface area contributed by atoms with E-state index < -0.39 is 0 Å². The highest BCUT2D eigenvalue weighted by atomic mass is 16.5. The van der Waals surface area contributed by atoms with Crippen molar-refractivity contribution in [1.29, 1.82) is 0 Å². The van der Waals surface area contributed by atoms with Gasteiger partial charge in [-0.05, 0) is 61.6 Å². The molecule has 0 aromatic heterocycles. The first-order valence-electron chi connectivity index (χ1n) is 11.7. The molecule has 1 heterocycles. The Morgan fingerprint density at radius 1 is 1.00 bits per heavy atom. The molecule has 2 aromatic carbocycles. The molecule has 172 valence electrons. The van der Waals surface area contributed by atoms with Crippen LogP contribution in [0, 0.1) is 0 Å². The molecule has 1 N–H and O–H groups in total. The van der Waals surface area contributed by atoms with Crippen molar-refractivity contribution in [1.82, 2.24) is 10.2 Å². The van der Waals surface area contributed by atoms with E-state index in [9.17, 15) is 4.79 Å². The van der Waals surface area contributed by atoms with Gasteiger partial charge >= 0.3 is 0 Å². The zero-order valence-corrected chi connectivity index (χ0v) is 19.3. The largest absolute Gasteiger partial charge is 0.496 e. The second-order valence-electron chi connectivity index (χ2n) is 8.62. The highest BCUT2D eigenvalue weighted by Gasteiger charge is 2.28. The van der Waals surface area contributed by atoms with Crippen molar-refractivity contribution in [3.05, 3.63) is 53.6 Å². The minimum Gasteiger partial charge on any atom is -0.496 e. The Kier molecular flexibility index (Phi) is 7.53. The summed E-state index contributed by atoms with van der Waals surface area (Å²) in [6.45, 7) is 5.78. The lowest BCUT2D eigenvalue weighted by molar-refractivity contribution is -0.122. The van der Waals surface area contributed by atoms with Crippen LogP contribution in [0.4, 0.5) is 5.69 Å². The molecule has 2 aliphatic rings. The maximum atomic E-state index is 12.9. The molecule has 1 saturated heterocycles. The van der Waals surface area contributed by atoms with Gasteiger partial charge < -0.3 is 19.7 Å². The topological polar surface area (TPSA) is 54.0 Å². The van der Waals surface area contributed by atoms with Crippen LogP contribution in [0.5, 0.6) is 11.5 Å². The Bertz CT molecular complexity index is 909. The van der Waals surface area contributed by atoms with Crippen molar-refractivity contribution in [3.63, 3.8) is 0 Å². The number of fused-ring (bicyclic) bond motifs is 1. The Hall–Kier alpha value is -2.73. The average molecular weight is 438 g/mol. The first-order valence-corrected chi connectivity index (χ1v) is 11.7. The molecule has 1 aliphatic heterocycles. The summed E-state index contributed by atoms with van der Waals surface area (Å²) in [5.41, 5.74) is 3.51. The van der Waals surface area contributed by atoms with Crippen LogP contribution in [0.2, 0.25) is 0 Å². The zero-order valence-electron chi connectivity index (χ0n) is 19.3. The Labute approximate surface area is 191 Å². The maximum Gasteiger partial charge on any atom is 0.227 e. The van der Waals surface area contributed by atoms with Crippen LogP contribution in [0.1, 0.15) is 36.3 Å². The lowest BCUT2D eigenvalue weighted by Crippen LogP contribution is -2.47. The number of amides is 1. The van der Waals surface area contributed by atoms with E-state index in [1.54, 1.807) is 14.2 Å². The van der Waals surface area contributed by atoms with Crippen LogP contribution in [0.15, 0.2) is 42.5 Å². The van der Waals surface area contributed by atoms with E-state index in [-0.39, 0.29) is 11.8 Å². The summed E-state index contributed by atoms with van der Waals surface area (Å²) in [6, 6.07) is 14.3. The molecular weight excluding hydrogens is 402 g/mol. The molecule has 0 saturated carbocycles. The second-order valence-corrected chi connectivity index (χ2v) is 8.62. The number of hydrogen-bond acceptors (Lipinski definition) is 5. The summed E-state index contributed by atoms with van der Waals surface area (Å²) >= 11 is 0. The van der Waals surface area contributed by atoms with Gasteiger partial charge in [-0.25, -0.2) is 0 Å². The van der Waals surface area contributed by atoms with Crippen LogP contribution in [0.3, 0.4) is 0 Å². The zero-order chi connectivity index (χ0) is 22.3. The Morgan fingerprint density at radius 2 is 1.75 bits per heavy atom. The SMILES string of the molecule is COc1ccccc1N1CCN(CCCNC(=O)C2CCCc3c(OC)cccc32)CC1. The van der Waals surface area contributed by atoms with Crippen LogP contribution < -0.4 is 19.7 Å². The molecule has 6 nitrogen and oxygen atoms in total. The first kappa shape index (κ1) is 22.5. The molecule has 2 aromatic rings. The molecule has 6 heteroatoms. The van der Waals surface area contributed by atoms with Crippen molar-refractivity contribution >= 4 is 11.6 Å². The van der Waals surface area contributed by atoms with E-state index in [0.717, 1.165) is 82.0 Å². The van der Waals surface area contributed by atoms with Crippen molar-refractivity contribution in [2.45, 2.75) is 31.6 Å². The van der Waals surface area contributed by atoms with E-state index in [4.69, 9.17) is 9.47 Å². The maximum absolute atomic E-state index is 12.9. The number of ether oxygens (including phenoxy) is 2. The minimum absolute atomic E-state index is 0.0572. The quantitative estimate of drug-likeness (QED) is 0.641. The van der Waals surface area contributed by atoms with Gasteiger partial charge in [0, 0.05) is 32.7 Å². The fourth-order valence-corrected chi connectivity index (χ4v) is 5.02. The van der Waals surface area contributed by atoms with Crippen molar-refractivity contribution in [3.8, 4) is 11.5 Å².